The van der Waals surface area contributed by atoms with Crippen LogP contribution in [0.5, 0.6) is 0 Å². The van der Waals surface area contributed by atoms with Crippen molar-refractivity contribution in [3.8, 4) is 0 Å². The largest absolute Gasteiger partial charge is 0.325 e. The average molecular weight is 239 g/mol. The lowest BCUT2D eigenvalue weighted by atomic mass is 9.98. The zero-order valence-electron chi connectivity index (χ0n) is 9.48. The molecule has 2 heterocycles. The van der Waals surface area contributed by atoms with Gasteiger partial charge >= 0.3 is 0 Å². The number of piperidine rings is 1. The van der Waals surface area contributed by atoms with Crippen molar-refractivity contribution in [3.63, 3.8) is 0 Å². The first-order valence-corrected chi connectivity index (χ1v) is 6.04. The van der Waals surface area contributed by atoms with Crippen molar-refractivity contribution in [1.82, 2.24) is 14.5 Å². The van der Waals surface area contributed by atoms with Crippen LogP contribution in [0.25, 0.3) is 0 Å². The standard InChI is InChI=1S/C11H17N3OS/c1-13-5-2-3-9(7-13)8-14-6-4-10(15)12-11(14)16/h4,6,9H,2-3,5,7-8H2,1H3,(H,12,15,16). The van der Waals surface area contributed by atoms with Gasteiger partial charge in [0.2, 0.25) is 0 Å². The molecular formula is C11H17N3OS. The highest BCUT2D eigenvalue weighted by Gasteiger charge is 2.17. The fourth-order valence-electron chi connectivity index (χ4n) is 2.29. The summed E-state index contributed by atoms with van der Waals surface area (Å²) in [7, 11) is 2.15. The summed E-state index contributed by atoms with van der Waals surface area (Å²) >= 11 is 5.13. The summed E-state index contributed by atoms with van der Waals surface area (Å²) in [5, 5.41) is 0. The van der Waals surface area contributed by atoms with E-state index in [2.05, 4.69) is 16.9 Å². The number of aromatic amines is 1. The predicted molar refractivity (Wildman–Crippen MR) is 66.1 cm³/mol. The number of nitrogens with zero attached hydrogens (tertiary/aromatic N) is 2. The molecule has 1 aliphatic heterocycles. The van der Waals surface area contributed by atoms with Gasteiger partial charge in [-0.2, -0.15) is 0 Å². The summed E-state index contributed by atoms with van der Waals surface area (Å²) in [6.45, 7) is 3.20. The van der Waals surface area contributed by atoms with Crippen molar-refractivity contribution in [2.24, 2.45) is 5.92 Å². The summed E-state index contributed by atoms with van der Waals surface area (Å²) < 4.78 is 2.49. The topological polar surface area (TPSA) is 41.0 Å². The van der Waals surface area contributed by atoms with E-state index < -0.39 is 0 Å². The van der Waals surface area contributed by atoms with Crippen LogP contribution in [-0.4, -0.2) is 34.6 Å². The molecule has 5 heteroatoms. The highest BCUT2D eigenvalue weighted by Crippen LogP contribution is 2.16. The first-order valence-electron chi connectivity index (χ1n) is 5.63. The van der Waals surface area contributed by atoms with Crippen LogP contribution in [-0.2, 0) is 6.54 Å². The van der Waals surface area contributed by atoms with Crippen molar-refractivity contribution >= 4 is 12.2 Å². The molecule has 4 nitrogen and oxygen atoms in total. The minimum absolute atomic E-state index is 0.123. The number of likely N-dealkylation sites (tertiary alicyclic amines) is 1. The van der Waals surface area contributed by atoms with E-state index in [-0.39, 0.29) is 5.56 Å². The molecule has 88 valence electrons. The van der Waals surface area contributed by atoms with Gasteiger partial charge in [0, 0.05) is 25.4 Å². The summed E-state index contributed by atoms with van der Waals surface area (Å²) in [6, 6.07) is 1.53. The van der Waals surface area contributed by atoms with Gasteiger partial charge in [-0.15, -0.1) is 0 Å². The van der Waals surface area contributed by atoms with E-state index in [0.717, 1.165) is 13.1 Å². The molecule has 0 bridgehead atoms. The van der Waals surface area contributed by atoms with E-state index in [1.54, 1.807) is 6.20 Å². The Hall–Kier alpha value is -0.940. The predicted octanol–water partition coefficient (Wildman–Crippen LogP) is 1.25. The zero-order valence-corrected chi connectivity index (χ0v) is 10.3. The maximum absolute atomic E-state index is 11.0. The van der Waals surface area contributed by atoms with Crippen LogP contribution in [0.3, 0.4) is 0 Å². The molecule has 1 aromatic rings. The maximum atomic E-state index is 11.0. The van der Waals surface area contributed by atoms with Gasteiger partial charge < -0.3 is 9.47 Å². The second kappa shape index (κ2) is 4.93. The molecule has 1 aliphatic rings. The molecule has 0 amide bonds. The fourth-order valence-corrected chi connectivity index (χ4v) is 2.52. The smallest absolute Gasteiger partial charge is 0.251 e. The van der Waals surface area contributed by atoms with Crippen LogP contribution in [0, 0.1) is 10.7 Å². The molecule has 1 unspecified atom stereocenters. The van der Waals surface area contributed by atoms with Crippen LogP contribution in [0.4, 0.5) is 0 Å². The molecular weight excluding hydrogens is 222 g/mol. The highest BCUT2D eigenvalue weighted by molar-refractivity contribution is 7.71. The molecule has 0 saturated carbocycles. The van der Waals surface area contributed by atoms with Crippen LogP contribution < -0.4 is 5.56 Å². The Morgan fingerprint density at radius 1 is 1.62 bits per heavy atom. The zero-order chi connectivity index (χ0) is 11.5. The molecule has 1 aromatic heterocycles. The Morgan fingerprint density at radius 2 is 2.44 bits per heavy atom. The van der Waals surface area contributed by atoms with Crippen LogP contribution in [0.2, 0.25) is 0 Å². The summed E-state index contributed by atoms with van der Waals surface area (Å²) in [6.07, 6.45) is 4.28. The Balaban J connectivity index is 2.08. The van der Waals surface area contributed by atoms with Crippen LogP contribution in [0.1, 0.15) is 12.8 Å². The van der Waals surface area contributed by atoms with Gasteiger partial charge in [-0.3, -0.25) is 9.78 Å². The molecule has 1 fully saturated rings. The van der Waals surface area contributed by atoms with E-state index in [0.29, 0.717) is 10.7 Å². The van der Waals surface area contributed by atoms with Crippen LogP contribution in [0.15, 0.2) is 17.1 Å². The SMILES string of the molecule is CN1CCCC(Cn2ccc(=O)[nH]c2=S)C1. The molecule has 1 atom stereocenters. The lowest BCUT2D eigenvalue weighted by Gasteiger charge is -2.30. The first-order chi connectivity index (χ1) is 7.65. The summed E-state index contributed by atoms with van der Waals surface area (Å²) in [5.41, 5.74) is -0.123. The van der Waals surface area contributed by atoms with Crippen molar-refractivity contribution < 1.29 is 0 Å². The van der Waals surface area contributed by atoms with Crippen LogP contribution >= 0.6 is 12.2 Å². The van der Waals surface area contributed by atoms with Gasteiger partial charge in [-0.25, -0.2) is 0 Å². The lowest BCUT2D eigenvalue weighted by molar-refractivity contribution is 0.193. The Labute approximate surface area is 99.9 Å². The van der Waals surface area contributed by atoms with Gasteiger partial charge in [-0.05, 0) is 44.6 Å². The minimum atomic E-state index is -0.123. The Kier molecular flexibility index (Phi) is 3.56. The van der Waals surface area contributed by atoms with E-state index in [1.807, 2.05) is 4.57 Å². The van der Waals surface area contributed by atoms with E-state index >= 15 is 0 Å². The molecule has 1 N–H and O–H groups in total. The molecule has 0 radical (unpaired) electrons. The van der Waals surface area contributed by atoms with Crippen molar-refractivity contribution in [3.05, 3.63) is 27.4 Å². The minimum Gasteiger partial charge on any atom is -0.325 e. The molecule has 0 spiro atoms. The monoisotopic (exact) mass is 239 g/mol. The second-order valence-corrected chi connectivity index (χ2v) is 4.92. The number of hydrogen-bond acceptors (Lipinski definition) is 3. The number of H-pyrrole nitrogens is 1. The molecule has 2 rings (SSSR count). The second-order valence-electron chi connectivity index (χ2n) is 4.53. The Morgan fingerprint density at radius 3 is 3.12 bits per heavy atom. The van der Waals surface area contributed by atoms with E-state index in [9.17, 15) is 4.79 Å². The third-order valence-electron chi connectivity index (χ3n) is 3.07. The van der Waals surface area contributed by atoms with E-state index in [4.69, 9.17) is 12.2 Å². The number of nitrogens with one attached hydrogen (secondary N) is 1. The van der Waals surface area contributed by atoms with Crippen molar-refractivity contribution in [1.29, 1.82) is 0 Å². The molecule has 0 aliphatic carbocycles. The number of aromatic nitrogens is 2. The van der Waals surface area contributed by atoms with Gasteiger partial charge in [-0.1, -0.05) is 0 Å². The summed E-state index contributed by atoms with van der Waals surface area (Å²) in [4.78, 5) is 16.0. The molecule has 16 heavy (non-hydrogen) atoms. The van der Waals surface area contributed by atoms with Crippen molar-refractivity contribution in [2.75, 3.05) is 20.1 Å². The number of hydrogen-bond donors (Lipinski definition) is 1. The quantitative estimate of drug-likeness (QED) is 0.790. The fraction of sp³-hybridized carbons (Fsp3) is 0.636. The van der Waals surface area contributed by atoms with Gasteiger partial charge in [0.1, 0.15) is 0 Å². The normalized spacial score (nSPS) is 22.2. The maximum Gasteiger partial charge on any atom is 0.251 e. The lowest BCUT2D eigenvalue weighted by Crippen LogP contribution is -2.34. The third kappa shape index (κ3) is 2.80. The van der Waals surface area contributed by atoms with Gasteiger partial charge in [0.15, 0.2) is 4.77 Å². The van der Waals surface area contributed by atoms with Gasteiger partial charge in [0.05, 0.1) is 0 Å². The van der Waals surface area contributed by atoms with Crippen molar-refractivity contribution in [2.45, 2.75) is 19.4 Å². The highest BCUT2D eigenvalue weighted by atomic mass is 32.1. The van der Waals surface area contributed by atoms with Gasteiger partial charge in [0.25, 0.3) is 5.56 Å². The van der Waals surface area contributed by atoms with E-state index in [1.165, 1.54) is 25.5 Å². The third-order valence-corrected chi connectivity index (χ3v) is 3.41. The molecule has 1 saturated heterocycles. The molecule has 0 aromatic carbocycles. The first kappa shape index (κ1) is 11.5. The number of rotatable bonds is 2. The summed E-state index contributed by atoms with van der Waals surface area (Å²) in [5.74, 6) is 0.636. The average Bonchev–Trinajstić information content (AvgIpc) is 2.22. The Bertz CT molecular complexity index is 465.